The third-order valence-corrected chi connectivity index (χ3v) is 10.2. The van der Waals surface area contributed by atoms with Crippen LogP contribution in [0.3, 0.4) is 0 Å². The molecule has 4 aliphatic carbocycles. The van der Waals surface area contributed by atoms with Gasteiger partial charge in [0.2, 0.25) is 0 Å². The van der Waals surface area contributed by atoms with Gasteiger partial charge in [0.1, 0.15) is 0 Å². The van der Waals surface area contributed by atoms with Crippen LogP contribution in [0.25, 0.3) is 0 Å². The van der Waals surface area contributed by atoms with Crippen LogP contribution in [0.5, 0.6) is 0 Å². The van der Waals surface area contributed by atoms with Crippen LogP contribution in [0.15, 0.2) is 34.9 Å². The van der Waals surface area contributed by atoms with E-state index in [2.05, 4.69) is 59.8 Å². The topological polar surface area (TPSA) is 20.2 Å². The van der Waals surface area contributed by atoms with Gasteiger partial charge in [0, 0.05) is 0 Å². The maximum Gasteiger partial charge on any atom is 0.0543 e. The molecule has 1 nitrogen and oxygen atoms in total. The van der Waals surface area contributed by atoms with Crippen molar-refractivity contribution in [1.82, 2.24) is 0 Å². The van der Waals surface area contributed by atoms with E-state index in [-0.39, 0.29) is 6.10 Å². The predicted molar refractivity (Wildman–Crippen MR) is 128 cm³/mol. The molecule has 4 aliphatic rings. The molecule has 2 fully saturated rings. The molecule has 0 radical (unpaired) electrons. The molecule has 0 amide bonds. The zero-order chi connectivity index (χ0) is 21.7. The highest BCUT2D eigenvalue weighted by atomic mass is 16.3. The van der Waals surface area contributed by atoms with Crippen molar-refractivity contribution in [1.29, 1.82) is 0 Å². The number of rotatable bonds is 5. The van der Waals surface area contributed by atoms with Crippen LogP contribution >= 0.6 is 0 Å². The summed E-state index contributed by atoms with van der Waals surface area (Å²) in [6.45, 7) is 14.5. The van der Waals surface area contributed by atoms with Crippen LogP contribution < -0.4 is 0 Å². The van der Waals surface area contributed by atoms with Gasteiger partial charge in [-0.25, -0.2) is 0 Å². The summed E-state index contributed by atoms with van der Waals surface area (Å²) in [7, 11) is 0. The van der Waals surface area contributed by atoms with Gasteiger partial charge in [0.25, 0.3) is 0 Å². The van der Waals surface area contributed by atoms with Gasteiger partial charge < -0.3 is 5.11 Å². The Labute approximate surface area is 186 Å². The Morgan fingerprint density at radius 1 is 1.17 bits per heavy atom. The van der Waals surface area contributed by atoms with Crippen molar-refractivity contribution in [3.63, 3.8) is 0 Å². The largest absolute Gasteiger partial charge is 0.393 e. The Morgan fingerprint density at radius 3 is 2.63 bits per heavy atom. The zero-order valence-corrected chi connectivity index (χ0v) is 20.5. The first-order valence-electron chi connectivity index (χ1n) is 13.0. The fourth-order valence-corrected chi connectivity index (χ4v) is 8.19. The van der Waals surface area contributed by atoms with Crippen LogP contribution in [0, 0.1) is 40.4 Å². The van der Waals surface area contributed by atoms with Gasteiger partial charge in [0.15, 0.2) is 0 Å². The number of fused-ring (bicyclic) bond motifs is 4. The maximum absolute atomic E-state index is 10.3. The molecule has 30 heavy (non-hydrogen) atoms. The van der Waals surface area contributed by atoms with E-state index in [1.807, 2.05) is 5.57 Å². The number of hydrogen-bond donors (Lipinski definition) is 1. The van der Waals surface area contributed by atoms with Crippen molar-refractivity contribution in [3.8, 4) is 0 Å². The maximum atomic E-state index is 10.3. The minimum Gasteiger partial charge on any atom is -0.393 e. The number of aliphatic hydroxyl groups excluding tert-OH is 1. The van der Waals surface area contributed by atoms with E-state index in [9.17, 15) is 5.11 Å². The summed E-state index contributed by atoms with van der Waals surface area (Å²) in [4.78, 5) is 0. The van der Waals surface area contributed by atoms with Gasteiger partial charge >= 0.3 is 0 Å². The fourth-order valence-electron chi connectivity index (χ4n) is 8.19. The van der Waals surface area contributed by atoms with Crippen LogP contribution in [-0.2, 0) is 0 Å². The van der Waals surface area contributed by atoms with E-state index in [1.165, 1.54) is 44.9 Å². The molecule has 0 aromatic rings. The van der Waals surface area contributed by atoms with Crippen molar-refractivity contribution < 1.29 is 5.11 Å². The molecule has 0 spiro atoms. The van der Waals surface area contributed by atoms with E-state index in [1.54, 1.807) is 11.1 Å². The van der Waals surface area contributed by atoms with Gasteiger partial charge in [-0.2, -0.15) is 0 Å². The smallest absolute Gasteiger partial charge is 0.0543 e. The Balaban J connectivity index is 1.54. The third-order valence-electron chi connectivity index (χ3n) is 10.2. The molecule has 168 valence electrons. The first kappa shape index (κ1) is 22.4. The van der Waals surface area contributed by atoms with Crippen molar-refractivity contribution in [2.45, 2.75) is 105 Å². The lowest BCUT2D eigenvalue weighted by Crippen LogP contribution is -2.48. The fraction of sp³-hybridized carbons (Fsp3) is 0.793. The summed E-state index contributed by atoms with van der Waals surface area (Å²) < 4.78 is 0. The second-order valence-corrected chi connectivity index (χ2v) is 12.0. The highest BCUT2D eigenvalue weighted by Crippen LogP contribution is 2.64. The van der Waals surface area contributed by atoms with Crippen molar-refractivity contribution in [3.05, 3.63) is 34.9 Å². The minimum absolute atomic E-state index is 0.0457. The second-order valence-electron chi connectivity index (χ2n) is 12.0. The Bertz CT molecular complexity index is 739. The first-order valence-corrected chi connectivity index (χ1v) is 13.0. The molecule has 4 rings (SSSR count). The standard InChI is InChI=1S/C29H46O/c1-7-21(19(2)3)9-8-20(4)25-12-13-26-24-11-10-22-18-23(30)14-16-28(22,5)27(24)15-17-29(25,26)6/h7,12-13,19-20,22-23,25,27,30H,8-11,14-18H2,1-6H3. The number of hydrogen-bond acceptors (Lipinski definition) is 1. The highest BCUT2D eigenvalue weighted by molar-refractivity contribution is 5.44. The lowest BCUT2D eigenvalue weighted by atomic mass is 9.48. The van der Waals surface area contributed by atoms with Gasteiger partial charge in [-0.15, -0.1) is 0 Å². The summed E-state index contributed by atoms with van der Waals surface area (Å²) in [6.07, 6.45) is 18.6. The third kappa shape index (κ3) is 3.58. The monoisotopic (exact) mass is 410 g/mol. The molecule has 2 saturated carbocycles. The van der Waals surface area contributed by atoms with Crippen molar-refractivity contribution >= 4 is 0 Å². The van der Waals surface area contributed by atoms with Crippen LogP contribution in [0.1, 0.15) is 99.3 Å². The minimum atomic E-state index is -0.0457. The van der Waals surface area contributed by atoms with E-state index < -0.39 is 0 Å². The van der Waals surface area contributed by atoms with E-state index in [0.29, 0.717) is 22.7 Å². The van der Waals surface area contributed by atoms with Gasteiger partial charge in [0.05, 0.1) is 6.10 Å². The van der Waals surface area contributed by atoms with E-state index in [4.69, 9.17) is 0 Å². The quantitative estimate of drug-likeness (QED) is 0.457. The molecular formula is C29H46O. The van der Waals surface area contributed by atoms with Crippen molar-refractivity contribution in [2.75, 3.05) is 0 Å². The molecule has 0 saturated heterocycles. The van der Waals surface area contributed by atoms with Crippen molar-refractivity contribution in [2.24, 2.45) is 40.4 Å². The van der Waals surface area contributed by atoms with Crippen LogP contribution in [0.2, 0.25) is 0 Å². The zero-order valence-electron chi connectivity index (χ0n) is 20.5. The van der Waals surface area contributed by atoms with Gasteiger partial charge in [-0.1, -0.05) is 64.0 Å². The molecule has 7 atom stereocenters. The normalized spacial score (nSPS) is 42.2. The van der Waals surface area contributed by atoms with Crippen LogP contribution in [0.4, 0.5) is 0 Å². The molecule has 0 bridgehead atoms. The lowest BCUT2D eigenvalue weighted by molar-refractivity contribution is -0.0376. The molecular weight excluding hydrogens is 364 g/mol. The highest BCUT2D eigenvalue weighted by Gasteiger charge is 2.54. The average Bonchev–Trinajstić information content (AvgIpc) is 3.06. The van der Waals surface area contributed by atoms with Gasteiger partial charge in [-0.3, -0.25) is 0 Å². The SMILES string of the molecule is CC=C(CCC(C)C1C=CC2=C3CCC4CC(O)CCC4(C)C3CCC21C)C(C)C. The Hall–Kier alpha value is -0.820. The summed E-state index contributed by atoms with van der Waals surface area (Å²) in [5.41, 5.74) is 5.97. The molecule has 0 aromatic heterocycles. The van der Waals surface area contributed by atoms with E-state index in [0.717, 1.165) is 30.6 Å². The second kappa shape index (κ2) is 8.27. The predicted octanol–water partition coefficient (Wildman–Crippen LogP) is 7.87. The lowest BCUT2D eigenvalue weighted by Gasteiger charge is -2.56. The molecule has 1 N–H and O–H groups in total. The summed E-state index contributed by atoms with van der Waals surface area (Å²) in [5.74, 6) is 3.61. The molecule has 1 heteroatoms. The Morgan fingerprint density at radius 2 is 1.93 bits per heavy atom. The first-order chi connectivity index (χ1) is 14.2. The molecule has 0 heterocycles. The molecule has 7 unspecified atom stereocenters. The summed E-state index contributed by atoms with van der Waals surface area (Å²) in [6, 6.07) is 0. The van der Waals surface area contributed by atoms with Gasteiger partial charge in [-0.05, 0) is 111 Å². The number of allylic oxidation sites excluding steroid dienone is 6. The number of aliphatic hydroxyl groups is 1. The average molecular weight is 411 g/mol. The Kier molecular flexibility index (Phi) is 6.17. The summed E-state index contributed by atoms with van der Waals surface area (Å²) >= 11 is 0. The molecule has 0 aromatic carbocycles. The summed E-state index contributed by atoms with van der Waals surface area (Å²) in [5, 5.41) is 10.3. The van der Waals surface area contributed by atoms with Crippen LogP contribution in [-0.4, -0.2) is 11.2 Å². The molecule has 0 aliphatic heterocycles. The van der Waals surface area contributed by atoms with E-state index >= 15 is 0 Å².